The predicted octanol–water partition coefficient (Wildman–Crippen LogP) is 4.93. The first-order valence-electron chi connectivity index (χ1n) is 10.1. The maximum atomic E-state index is 12.3. The van der Waals surface area contributed by atoms with Gasteiger partial charge in [-0.05, 0) is 60.5 Å². The fourth-order valence-electron chi connectivity index (χ4n) is 2.91. The number of furan rings is 1. The van der Waals surface area contributed by atoms with Gasteiger partial charge in [0.1, 0.15) is 36.4 Å². The number of hydrogen-bond donors (Lipinski definition) is 1. The molecule has 170 valence electrons. The lowest BCUT2D eigenvalue weighted by Gasteiger charge is -2.12. The maximum absolute atomic E-state index is 12.3. The summed E-state index contributed by atoms with van der Waals surface area (Å²) >= 11 is 6.31. The van der Waals surface area contributed by atoms with Crippen molar-refractivity contribution in [3.05, 3.63) is 82.3 Å². The minimum absolute atomic E-state index is 0.0493. The topological polar surface area (TPSA) is 93.7 Å². The number of amides is 1. The van der Waals surface area contributed by atoms with Crippen LogP contribution in [0, 0.1) is 18.3 Å². The van der Waals surface area contributed by atoms with Crippen LogP contribution in [0.15, 0.2) is 64.8 Å². The number of carbonyl (C=O) groups is 1. The molecule has 0 radical (unpaired) electrons. The summed E-state index contributed by atoms with van der Waals surface area (Å²) < 4.78 is 21.9. The van der Waals surface area contributed by atoms with E-state index in [0.29, 0.717) is 40.2 Å². The molecule has 1 N–H and O–H groups in total. The average Bonchev–Trinajstić information content (AvgIpc) is 3.34. The van der Waals surface area contributed by atoms with Gasteiger partial charge in [0, 0.05) is 0 Å². The fourth-order valence-corrected chi connectivity index (χ4v) is 3.16. The second kappa shape index (κ2) is 11.7. The zero-order valence-electron chi connectivity index (χ0n) is 18.3. The van der Waals surface area contributed by atoms with Crippen molar-refractivity contribution in [1.29, 1.82) is 5.26 Å². The summed E-state index contributed by atoms with van der Waals surface area (Å²) in [5.74, 6) is 1.84. The van der Waals surface area contributed by atoms with E-state index in [0.717, 1.165) is 5.56 Å². The van der Waals surface area contributed by atoms with E-state index in [2.05, 4.69) is 5.32 Å². The number of carbonyl (C=O) groups excluding carboxylic acids is 1. The molecule has 0 atom stereocenters. The molecule has 3 rings (SSSR count). The third-order valence-corrected chi connectivity index (χ3v) is 4.85. The van der Waals surface area contributed by atoms with Crippen LogP contribution in [0.1, 0.15) is 16.9 Å². The van der Waals surface area contributed by atoms with Gasteiger partial charge in [-0.2, -0.15) is 5.26 Å². The summed E-state index contributed by atoms with van der Waals surface area (Å²) in [6, 6.07) is 16.0. The third-order valence-electron chi connectivity index (χ3n) is 4.55. The maximum Gasteiger partial charge on any atom is 0.262 e. The van der Waals surface area contributed by atoms with E-state index in [9.17, 15) is 10.1 Å². The van der Waals surface area contributed by atoms with Crippen LogP contribution < -0.4 is 19.5 Å². The number of benzene rings is 2. The molecule has 0 bridgehead atoms. The Morgan fingerprint density at radius 1 is 1.12 bits per heavy atom. The number of aryl methyl sites for hydroxylation is 1. The van der Waals surface area contributed by atoms with Crippen LogP contribution in [0.5, 0.6) is 17.2 Å². The van der Waals surface area contributed by atoms with Crippen molar-refractivity contribution >= 4 is 23.6 Å². The summed E-state index contributed by atoms with van der Waals surface area (Å²) in [5, 5.41) is 12.3. The number of nitrogens with zero attached hydrogens (tertiary/aromatic N) is 1. The lowest BCUT2D eigenvalue weighted by molar-refractivity contribution is -0.117. The molecule has 0 unspecified atom stereocenters. The van der Waals surface area contributed by atoms with E-state index in [1.807, 2.05) is 31.2 Å². The molecule has 3 aromatic rings. The van der Waals surface area contributed by atoms with Crippen molar-refractivity contribution in [2.75, 3.05) is 20.3 Å². The van der Waals surface area contributed by atoms with Crippen molar-refractivity contribution in [2.24, 2.45) is 0 Å². The standard InChI is InChI=1S/C25H23ClN2O5/c1-17-5-7-23(24(12-17)30-2)33-11-10-32-22-8-6-18(14-21(22)26)13-19(15-27)25(29)28-16-20-4-3-9-31-20/h3-9,12-14H,10-11,16H2,1-2H3,(H,28,29)/b19-13+. The van der Waals surface area contributed by atoms with Gasteiger partial charge in [-0.25, -0.2) is 0 Å². The Balaban J connectivity index is 1.55. The Bertz CT molecular complexity index is 1170. The third kappa shape index (κ3) is 6.79. The smallest absolute Gasteiger partial charge is 0.262 e. The first-order chi connectivity index (χ1) is 16.0. The first-order valence-corrected chi connectivity index (χ1v) is 10.5. The highest BCUT2D eigenvalue weighted by Crippen LogP contribution is 2.29. The van der Waals surface area contributed by atoms with Crippen LogP contribution in [0.25, 0.3) is 6.08 Å². The van der Waals surface area contributed by atoms with Gasteiger partial charge in [0.05, 0.1) is 24.9 Å². The van der Waals surface area contributed by atoms with Gasteiger partial charge in [0.2, 0.25) is 0 Å². The Morgan fingerprint density at radius 3 is 2.55 bits per heavy atom. The van der Waals surface area contributed by atoms with Crippen molar-refractivity contribution in [3.8, 4) is 23.3 Å². The Hall–Kier alpha value is -3.89. The second-order valence-electron chi connectivity index (χ2n) is 6.97. The number of nitrogens with one attached hydrogen (secondary N) is 1. The largest absolute Gasteiger partial charge is 0.493 e. The molecule has 1 heterocycles. The molecule has 0 saturated heterocycles. The molecule has 0 saturated carbocycles. The van der Waals surface area contributed by atoms with Crippen LogP contribution >= 0.6 is 11.6 Å². The summed E-state index contributed by atoms with van der Waals surface area (Å²) in [7, 11) is 1.59. The lowest BCUT2D eigenvalue weighted by Crippen LogP contribution is -2.23. The van der Waals surface area contributed by atoms with Crippen LogP contribution in [0.4, 0.5) is 0 Å². The Morgan fingerprint density at radius 2 is 1.88 bits per heavy atom. The van der Waals surface area contributed by atoms with Gasteiger partial charge < -0.3 is 23.9 Å². The molecule has 1 aromatic heterocycles. The highest BCUT2D eigenvalue weighted by Gasteiger charge is 2.11. The molecule has 1 amide bonds. The van der Waals surface area contributed by atoms with Gasteiger partial charge >= 0.3 is 0 Å². The summed E-state index contributed by atoms with van der Waals surface area (Å²) in [4.78, 5) is 12.3. The molecule has 0 aliphatic carbocycles. The SMILES string of the molecule is COc1cc(C)ccc1OCCOc1ccc(/C=C(\C#N)C(=O)NCc2ccco2)cc1Cl. The average molecular weight is 467 g/mol. The molecule has 0 aliphatic heterocycles. The van der Waals surface area contributed by atoms with E-state index in [4.69, 9.17) is 30.2 Å². The van der Waals surface area contributed by atoms with Gasteiger partial charge in [0.25, 0.3) is 5.91 Å². The number of methoxy groups -OCH3 is 1. The molecule has 33 heavy (non-hydrogen) atoms. The molecule has 0 fully saturated rings. The number of hydrogen-bond acceptors (Lipinski definition) is 6. The van der Waals surface area contributed by atoms with E-state index >= 15 is 0 Å². The van der Waals surface area contributed by atoms with Crippen LogP contribution in [-0.2, 0) is 11.3 Å². The van der Waals surface area contributed by atoms with Gasteiger partial charge in [-0.1, -0.05) is 23.7 Å². The Kier molecular flexibility index (Phi) is 8.39. The molecule has 7 nitrogen and oxygen atoms in total. The van der Waals surface area contributed by atoms with Crippen molar-refractivity contribution in [3.63, 3.8) is 0 Å². The zero-order chi connectivity index (χ0) is 23.6. The van der Waals surface area contributed by atoms with Crippen LogP contribution in [-0.4, -0.2) is 26.2 Å². The van der Waals surface area contributed by atoms with Crippen molar-refractivity contribution in [2.45, 2.75) is 13.5 Å². The van der Waals surface area contributed by atoms with Gasteiger partial charge in [-0.15, -0.1) is 0 Å². The highest BCUT2D eigenvalue weighted by atomic mass is 35.5. The van der Waals surface area contributed by atoms with Crippen LogP contribution in [0.3, 0.4) is 0 Å². The van der Waals surface area contributed by atoms with Crippen LogP contribution in [0.2, 0.25) is 5.02 Å². The lowest BCUT2D eigenvalue weighted by atomic mass is 10.1. The molecule has 0 spiro atoms. The molecule has 0 aliphatic rings. The second-order valence-corrected chi connectivity index (χ2v) is 7.38. The monoisotopic (exact) mass is 466 g/mol. The first kappa shape index (κ1) is 23.8. The van der Waals surface area contributed by atoms with Gasteiger partial charge in [0.15, 0.2) is 11.5 Å². The van der Waals surface area contributed by atoms with E-state index in [1.54, 1.807) is 37.4 Å². The van der Waals surface area contributed by atoms with Crippen molar-refractivity contribution in [1.82, 2.24) is 5.32 Å². The normalized spacial score (nSPS) is 10.9. The zero-order valence-corrected chi connectivity index (χ0v) is 19.0. The van der Waals surface area contributed by atoms with E-state index in [1.165, 1.54) is 12.3 Å². The fraction of sp³-hybridized carbons (Fsp3) is 0.200. The Labute approximate surface area is 197 Å². The van der Waals surface area contributed by atoms with E-state index < -0.39 is 5.91 Å². The molecule has 2 aromatic carbocycles. The molecule has 8 heteroatoms. The number of ether oxygens (including phenoxy) is 3. The number of nitriles is 1. The number of rotatable bonds is 10. The molecular weight excluding hydrogens is 444 g/mol. The number of halogens is 1. The highest BCUT2D eigenvalue weighted by molar-refractivity contribution is 6.32. The molecular formula is C25H23ClN2O5. The summed E-state index contributed by atoms with van der Waals surface area (Å²) in [6.07, 6.45) is 2.97. The predicted molar refractivity (Wildman–Crippen MR) is 124 cm³/mol. The summed E-state index contributed by atoms with van der Waals surface area (Å²) in [6.45, 7) is 2.73. The van der Waals surface area contributed by atoms with E-state index in [-0.39, 0.29) is 18.7 Å². The van der Waals surface area contributed by atoms with Crippen molar-refractivity contribution < 1.29 is 23.4 Å². The minimum Gasteiger partial charge on any atom is -0.493 e. The van der Waals surface area contributed by atoms with Gasteiger partial charge in [-0.3, -0.25) is 4.79 Å². The summed E-state index contributed by atoms with van der Waals surface area (Å²) in [5.41, 5.74) is 1.62. The minimum atomic E-state index is -0.506. The quantitative estimate of drug-likeness (QED) is 0.258.